The number of aliphatic hydroxyl groups excluding tert-OH is 1. The maximum atomic E-state index is 9.31. The average molecular weight is 646 g/mol. The van der Waals surface area contributed by atoms with Gasteiger partial charge in [0.1, 0.15) is 11.4 Å². The summed E-state index contributed by atoms with van der Waals surface area (Å²) >= 11 is 0. The molecule has 3 heterocycles. The number of H-pyrrole nitrogens is 1. The van der Waals surface area contributed by atoms with Crippen LogP contribution in [0.4, 0.5) is 63.9 Å². The Labute approximate surface area is 276 Å². The van der Waals surface area contributed by atoms with Crippen molar-refractivity contribution in [2.24, 2.45) is 41.6 Å². The number of azo groups is 2. The zero-order valence-corrected chi connectivity index (χ0v) is 26.6. The molecular weight excluding hydrogens is 610 g/mol. The van der Waals surface area contributed by atoms with Crippen LogP contribution in [-0.2, 0) is 21.1 Å². The van der Waals surface area contributed by atoms with Crippen LogP contribution in [0.5, 0.6) is 0 Å². The van der Waals surface area contributed by atoms with Crippen LogP contribution in [-0.4, -0.2) is 42.3 Å². The molecule has 0 aliphatic carbocycles. The minimum absolute atomic E-state index is 0.0678. The van der Waals surface area contributed by atoms with Gasteiger partial charge in [-0.3, -0.25) is 0 Å². The summed E-state index contributed by atoms with van der Waals surface area (Å²) in [6.45, 7) is 0.221. The van der Waals surface area contributed by atoms with Gasteiger partial charge in [-0.05, 0) is 72.8 Å². The molecule has 0 bridgehead atoms. The van der Waals surface area contributed by atoms with Gasteiger partial charge in [0.2, 0.25) is 17.8 Å². The molecule has 16 nitrogen and oxygen atoms in total. The van der Waals surface area contributed by atoms with E-state index in [9.17, 15) is 5.11 Å². The summed E-state index contributed by atoms with van der Waals surface area (Å²) in [7, 11) is 5.73. The number of benzene rings is 3. The Morgan fingerprint density at radius 1 is 0.667 bits per heavy atom. The zero-order chi connectivity index (χ0) is 33.3. The molecule has 0 saturated heterocycles. The van der Waals surface area contributed by atoms with Crippen molar-refractivity contribution in [2.75, 3.05) is 34.4 Å². The number of aliphatic hydroxyl groups is 1. The minimum Gasteiger partial charge on any atom is -0.395 e. The number of imidazole rings is 2. The number of anilines is 7. The van der Waals surface area contributed by atoms with Crippen LogP contribution in [0.3, 0.4) is 0 Å². The third-order valence-corrected chi connectivity index (χ3v) is 6.96. The van der Waals surface area contributed by atoms with Gasteiger partial charge >= 0.3 is 11.9 Å². The zero-order valence-electron chi connectivity index (χ0n) is 26.6. The summed E-state index contributed by atoms with van der Waals surface area (Å²) in [5.74, 6) is 2.35. The third kappa shape index (κ3) is 8.18. The SMILES string of the molecule is Cn1cc[nH+]c1N=Nc1ccc(Nc2ccc(Nc3nc(NCCO)nc(Nc4ccc(N=Nc5n(C)cc[n+]5C)cc4)n3)cc2)cc1. The summed E-state index contributed by atoms with van der Waals surface area (Å²) < 4.78 is 5.63. The van der Waals surface area contributed by atoms with E-state index in [1.165, 1.54) is 0 Å². The first-order valence-corrected chi connectivity index (χ1v) is 15.0. The lowest BCUT2D eigenvalue weighted by Crippen LogP contribution is -2.25. The van der Waals surface area contributed by atoms with E-state index in [-0.39, 0.29) is 13.2 Å². The van der Waals surface area contributed by atoms with Crippen LogP contribution in [0.2, 0.25) is 0 Å². The Hall–Kier alpha value is -6.55. The van der Waals surface area contributed by atoms with Crippen LogP contribution in [0.1, 0.15) is 0 Å². The fourth-order valence-electron chi connectivity index (χ4n) is 4.45. The van der Waals surface area contributed by atoms with E-state index in [2.05, 4.69) is 61.7 Å². The number of nitrogens with one attached hydrogen (secondary N) is 5. The Bertz CT molecular complexity index is 2000. The van der Waals surface area contributed by atoms with Crippen LogP contribution in [0.25, 0.3) is 0 Å². The Morgan fingerprint density at radius 3 is 1.69 bits per heavy atom. The van der Waals surface area contributed by atoms with Gasteiger partial charge in [-0.2, -0.15) is 15.0 Å². The predicted octanol–water partition coefficient (Wildman–Crippen LogP) is 5.65. The Balaban J connectivity index is 1.09. The fourth-order valence-corrected chi connectivity index (χ4v) is 4.45. The van der Waals surface area contributed by atoms with Crippen molar-refractivity contribution in [3.8, 4) is 0 Å². The van der Waals surface area contributed by atoms with Crippen LogP contribution >= 0.6 is 0 Å². The van der Waals surface area contributed by atoms with Crippen LogP contribution in [0, 0.1) is 0 Å². The molecule has 3 aromatic heterocycles. The molecule has 0 aliphatic heterocycles. The maximum Gasteiger partial charge on any atom is 0.421 e. The molecule has 0 fully saturated rings. The molecule has 0 radical (unpaired) electrons. The van der Waals surface area contributed by atoms with Gasteiger partial charge in [0.15, 0.2) is 0 Å². The second kappa shape index (κ2) is 14.7. The predicted molar refractivity (Wildman–Crippen MR) is 181 cm³/mol. The van der Waals surface area contributed by atoms with Crippen molar-refractivity contribution in [2.45, 2.75) is 0 Å². The average Bonchev–Trinajstić information content (AvgIpc) is 3.66. The van der Waals surface area contributed by atoms with E-state index in [1.54, 1.807) is 6.20 Å². The van der Waals surface area contributed by atoms with Crippen molar-refractivity contribution in [1.82, 2.24) is 24.1 Å². The van der Waals surface area contributed by atoms with Gasteiger partial charge in [-0.25, -0.2) is 18.7 Å². The summed E-state index contributed by atoms with van der Waals surface area (Å²) in [5, 5.41) is 39.3. The van der Waals surface area contributed by atoms with Crippen molar-refractivity contribution in [3.63, 3.8) is 0 Å². The van der Waals surface area contributed by atoms with Crippen molar-refractivity contribution in [1.29, 1.82) is 0 Å². The van der Waals surface area contributed by atoms with Gasteiger partial charge in [0, 0.05) is 39.5 Å². The first-order valence-electron chi connectivity index (χ1n) is 15.0. The number of aryl methyl sites for hydroxylation is 3. The lowest BCUT2D eigenvalue weighted by Gasteiger charge is -2.12. The van der Waals surface area contributed by atoms with Gasteiger partial charge in [0.05, 0.1) is 52.5 Å². The smallest absolute Gasteiger partial charge is 0.395 e. The first kappa shape index (κ1) is 31.4. The second-order valence-electron chi connectivity index (χ2n) is 10.6. The second-order valence-corrected chi connectivity index (χ2v) is 10.6. The first-order chi connectivity index (χ1) is 23.4. The molecule has 3 aromatic carbocycles. The fraction of sp³-hybridized carbons (Fsp3) is 0.156. The van der Waals surface area contributed by atoms with E-state index >= 15 is 0 Å². The lowest BCUT2D eigenvalue weighted by atomic mass is 10.2. The van der Waals surface area contributed by atoms with E-state index in [1.807, 2.05) is 126 Å². The van der Waals surface area contributed by atoms with Crippen molar-refractivity contribution < 1.29 is 14.7 Å². The summed E-state index contributed by atoms with van der Waals surface area (Å²) in [4.78, 5) is 16.5. The number of aromatic nitrogens is 7. The molecule has 0 atom stereocenters. The summed E-state index contributed by atoms with van der Waals surface area (Å²) in [5.41, 5.74) is 4.78. The molecule has 242 valence electrons. The quantitative estimate of drug-likeness (QED) is 0.0788. The number of rotatable bonds is 13. The van der Waals surface area contributed by atoms with Gasteiger partial charge in [-0.15, -0.1) is 0 Å². The highest BCUT2D eigenvalue weighted by Crippen LogP contribution is 2.25. The largest absolute Gasteiger partial charge is 0.421 e. The maximum absolute atomic E-state index is 9.31. The standard InChI is InChI=1S/C32H33N15O/c1-45-18-16-34-31(45)43-41-26-12-8-23(9-13-26)35-22-4-6-24(7-5-22)36-29-38-28(33-17-21-48)39-30(40-29)37-25-10-14-27(15-11-25)42-44-32-46(2)19-20-47(32)3/h4-16,18-20,48H,17,21H2,1-3H3,(H3,33,34,35,36,37,38,39,40,41,42,43)/p+2. The number of hydrogen-bond acceptors (Lipinski definition) is 12. The van der Waals surface area contributed by atoms with Gasteiger partial charge < -0.3 is 26.4 Å². The van der Waals surface area contributed by atoms with E-state index < -0.39 is 0 Å². The highest BCUT2D eigenvalue weighted by Gasteiger charge is 2.11. The molecule has 16 heteroatoms. The number of aromatic amines is 1. The highest BCUT2D eigenvalue weighted by atomic mass is 16.3. The molecule has 6 N–H and O–H groups in total. The topological polar surface area (TPSA) is 184 Å². The molecule has 0 amide bonds. The lowest BCUT2D eigenvalue weighted by molar-refractivity contribution is -0.657. The number of nitrogens with zero attached hydrogens (tertiary/aromatic N) is 10. The Kier molecular flexibility index (Phi) is 9.62. The van der Waals surface area contributed by atoms with E-state index in [4.69, 9.17) is 0 Å². The van der Waals surface area contributed by atoms with Crippen LogP contribution in [0.15, 0.2) is 118 Å². The summed E-state index contributed by atoms with van der Waals surface area (Å²) in [6, 6.07) is 22.8. The number of hydrogen-bond donors (Lipinski definition) is 5. The molecule has 48 heavy (non-hydrogen) atoms. The van der Waals surface area contributed by atoms with Crippen molar-refractivity contribution in [3.05, 3.63) is 97.6 Å². The summed E-state index contributed by atoms with van der Waals surface area (Å²) in [6.07, 6.45) is 7.51. The van der Waals surface area contributed by atoms with Gasteiger partial charge in [-0.1, -0.05) is 10.2 Å². The minimum atomic E-state index is -0.0678. The van der Waals surface area contributed by atoms with E-state index in [0.29, 0.717) is 29.5 Å². The molecule has 0 spiro atoms. The molecule has 0 unspecified atom stereocenters. The Morgan fingerprint density at radius 2 is 1.19 bits per heavy atom. The van der Waals surface area contributed by atoms with Crippen molar-refractivity contribution >= 4 is 63.9 Å². The van der Waals surface area contributed by atoms with E-state index in [0.717, 1.165) is 34.4 Å². The molecule has 6 aromatic rings. The van der Waals surface area contributed by atoms with Gasteiger partial charge in [0.25, 0.3) is 0 Å². The molecule has 0 aliphatic rings. The normalized spacial score (nSPS) is 11.3. The third-order valence-electron chi connectivity index (χ3n) is 6.96. The highest BCUT2D eigenvalue weighted by molar-refractivity contribution is 5.66. The molecular formula is C32H35N15O+2. The molecule has 6 rings (SSSR count). The molecule has 0 saturated carbocycles. The van der Waals surface area contributed by atoms with Crippen LogP contribution < -0.4 is 30.8 Å². The monoisotopic (exact) mass is 645 g/mol.